The molecule has 0 spiro atoms. The summed E-state index contributed by atoms with van der Waals surface area (Å²) >= 11 is 0. The second kappa shape index (κ2) is 5.02. The summed E-state index contributed by atoms with van der Waals surface area (Å²) in [5.74, 6) is -0.164. The van der Waals surface area contributed by atoms with E-state index in [9.17, 15) is 4.39 Å². The van der Waals surface area contributed by atoms with E-state index in [1.165, 1.54) is 18.1 Å². The Hall–Kier alpha value is -1.67. The van der Waals surface area contributed by atoms with E-state index in [4.69, 9.17) is 5.73 Å². The summed E-state index contributed by atoms with van der Waals surface area (Å²) in [5, 5.41) is 0. The van der Waals surface area contributed by atoms with E-state index in [1.54, 1.807) is 6.92 Å². The minimum Gasteiger partial charge on any atom is -0.323 e. The number of hydrogen-bond donors (Lipinski definition) is 1. The number of halogens is 1. The molecule has 2 aromatic rings. The zero-order valence-corrected chi connectivity index (χ0v) is 11.8. The fourth-order valence-corrected chi connectivity index (χ4v) is 3.29. The number of aryl methyl sites for hydroxylation is 1. The lowest BCUT2D eigenvalue weighted by Gasteiger charge is -2.47. The Morgan fingerprint density at radius 3 is 2.35 bits per heavy atom. The Kier molecular flexibility index (Phi) is 3.35. The van der Waals surface area contributed by atoms with Crippen LogP contribution in [-0.2, 0) is 5.41 Å². The van der Waals surface area contributed by atoms with Crippen LogP contribution in [0.2, 0.25) is 0 Å². The third kappa shape index (κ3) is 2.04. The molecule has 0 saturated heterocycles. The third-order valence-corrected chi connectivity index (χ3v) is 4.73. The summed E-state index contributed by atoms with van der Waals surface area (Å²) in [5.41, 5.74) is 9.59. The smallest absolute Gasteiger partial charge is 0.126 e. The molecule has 1 unspecified atom stereocenters. The average Bonchev–Trinajstić information content (AvgIpc) is 2.42. The molecule has 0 radical (unpaired) electrons. The molecule has 2 aromatic carbocycles. The Balaban J connectivity index is 1.99. The maximum atomic E-state index is 13.4. The summed E-state index contributed by atoms with van der Waals surface area (Å²) < 4.78 is 13.4. The first kappa shape index (κ1) is 13.3. The molecule has 0 bridgehead atoms. The average molecular weight is 269 g/mol. The first-order valence-corrected chi connectivity index (χ1v) is 7.21. The Morgan fingerprint density at radius 2 is 1.80 bits per heavy atom. The molecule has 0 aromatic heterocycles. The summed E-state index contributed by atoms with van der Waals surface area (Å²) in [6.45, 7) is 1.79. The number of rotatable bonds is 3. The van der Waals surface area contributed by atoms with Gasteiger partial charge in [-0.25, -0.2) is 4.39 Å². The molecule has 104 valence electrons. The largest absolute Gasteiger partial charge is 0.323 e. The van der Waals surface area contributed by atoms with Crippen LogP contribution in [0, 0.1) is 12.7 Å². The van der Waals surface area contributed by atoms with Crippen LogP contribution in [0.4, 0.5) is 4.39 Å². The number of hydrogen-bond acceptors (Lipinski definition) is 1. The Morgan fingerprint density at radius 1 is 1.10 bits per heavy atom. The zero-order valence-electron chi connectivity index (χ0n) is 11.8. The first-order chi connectivity index (χ1) is 9.63. The molecule has 0 heterocycles. The normalized spacial score (nSPS) is 18.4. The van der Waals surface area contributed by atoms with E-state index in [-0.39, 0.29) is 17.3 Å². The molecule has 1 atom stereocenters. The van der Waals surface area contributed by atoms with Crippen LogP contribution in [0.3, 0.4) is 0 Å². The monoisotopic (exact) mass is 269 g/mol. The quantitative estimate of drug-likeness (QED) is 0.885. The lowest BCUT2D eigenvalue weighted by atomic mass is 9.59. The zero-order chi connectivity index (χ0) is 14.2. The molecule has 2 N–H and O–H groups in total. The van der Waals surface area contributed by atoms with Crippen LogP contribution in [0.25, 0.3) is 0 Å². The van der Waals surface area contributed by atoms with Gasteiger partial charge >= 0.3 is 0 Å². The van der Waals surface area contributed by atoms with Gasteiger partial charge in [0.05, 0.1) is 0 Å². The van der Waals surface area contributed by atoms with Gasteiger partial charge in [0.15, 0.2) is 0 Å². The summed E-state index contributed by atoms with van der Waals surface area (Å²) in [7, 11) is 0. The predicted molar refractivity (Wildman–Crippen MR) is 80.0 cm³/mol. The van der Waals surface area contributed by atoms with Gasteiger partial charge in [0, 0.05) is 11.5 Å². The van der Waals surface area contributed by atoms with E-state index in [0.717, 1.165) is 18.4 Å². The van der Waals surface area contributed by atoms with Crippen molar-refractivity contribution in [3.05, 3.63) is 71.0 Å². The van der Waals surface area contributed by atoms with Crippen LogP contribution < -0.4 is 5.73 Å². The molecule has 1 fully saturated rings. The molecular weight excluding hydrogens is 249 g/mol. The van der Waals surface area contributed by atoms with Crippen molar-refractivity contribution >= 4 is 0 Å². The van der Waals surface area contributed by atoms with Crippen molar-refractivity contribution in [1.82, 2.24) is 0 Å². The second-order valence-corrected chi connectivity index (χ2v) is 5.86. The molecule has 1 aliphatic carbocycles. The van der Waals surface area contributed by atoms with Crippen molar-refractivity contribution < 1.29 is 4.39 Å². The number of benzene rings is 2. The van der Waals surface area contributed by atoms with Gasteiger partial charge in [0.2, 0.25) is 0 Å². The van der Waals surface area contributed by atoms with Gasteiger partial charge in [0.1, 0.15) is 5.82 Å². The topological polar surface area (TPSA) is 26.0 Å². The minimum absolute atomic E-state index is 0.0194. The first-order valence-electron chi connectivity index (χ1n) is 7.21. The predicted octanol–water partition coefficient (Wildman–Crippen LogP) is 4.26. The third-order valence-electron chi connectivity index (χ3n) is 4.73. The molecule has 2 heteroatoms. The fourth-order valence-electron chi connectivity index (χ4n) is 3.29. The van der Waals surface area contributed by atoms with Gasteiger partial charge in [-0.15, -0.1) is 0 Å². The van der Waals surface area contributed by atoms with Crippen LogP contribution >= 0.6 is 0 Å². The van der Waals surface area contributed by atoms with Gasteiger partial charge in [0.25, 0.3) is 0 Å². The molecule has 0 amide bonds. The molecule has 1 saturated carbocycles. The molecular formula is C18H20FN. The van der Waals surface area contributed by atoms with Crippen LogP contribution in [0.15, 0.2) is 48.5 Å². The SMILES string of the molecule is Cc1cc(C(N)C2(c3ccccc3)CCC2)ccc1F. The highest BCUT2D eigenvalue weighted by molar-refractivity contribution is 5.36. The molecule has 1 nitrogen and oxygen atoms in total. The van der Waals surface area contributed by atoms with Gasteiger partial charge in [-0.1, -0.05) is 48.9 Å². The van der Waals surface area contributed by atoms with Crippen molar-refractivity contribution in [2.45, 2.75) is 37.6 Å². The fraction of sp³-hybridized carbons (Fsp3) is 0.333. The van der Waals surface area contributed by atoms with Crippen LogP contribution in [0.5, 0.6) is 0 Å². The van der Waals surface area contributed by atoms with Gasteiger partial charge < -0.3 is 5.73 Å². The Bertz CT molecular complexity index is 602. The summed E-state index contributed by atoms with van der Waals surface area (Å²) in [4.78, 5) is 0. The van der Waals surface area contributed by atoms with Crippen LogP contribution in [0.1, 0.15) is 42.0 Å². The van der Waals surface area contributed by atoms with Gasteiger partial charge in [-0.05, 0) is 42.5 Å². The highest BCUT2D eigenvalue weighted by atomic mass is 19.1. The van der Waals surface area contributed by atoms with Crippen molar-refractivity contribution in [2.75, 3.05) is 0 Å². The number of nitrogens with two attached hydrogens (primary N) is 1. The highest BCUT2D eigenvalue weighted by Gasteiger charge is 2.44. The summed E-state index contributed by atoms with van der Waals surface area (Å²) in [6, 6.07) is 15.7. The van der Waals surface area contributed by atoms with Gasteiger partial charge in [-0.3, -0.25) is 0 Å². The standard InChI is InChI=1S/C18H20FN/c1-13-12-14(8-9-16(13)19)17(20)18(10-5-11-18)15-6-3-2-4-7-15/h2-4,6-9,12,17H,5,10-11,20H2,1H3. The summed E-state index contributed by atoms with van der Waals surface area (Å²) in [6.07, 6.45) is 3.42. The second-order valence-electron chi connectivity index (χ2n) is 5.86. The van der Waals surface area contributed by atoms with Crippen molar-refractivity contribution in [3.8, 4) is 0 Å². The van der Waals surface area contributed by atoms with Crippen molar-refractivity contribution in [3.63, 3.8) is 0 Å². The van der Waals surface area contributed by atoms with Crippen molar-refractivity contribution in [1.29, 1.82) is 0 Å². The molecule has 20 heavy (non-hydrogen) atoms. The lowest BCUT2D eigenvalue weighted by molar-refractivity contribution is 0.196. The molecule has 1 aliphatic rings. The van der Waals surface area contributed by atoms with E-state index in [1.807, 2.05) is 18.2 Å². The van der Waals surface area contributed by atoms with Gasteiger partial charge in [-0.2, -0.15) is 0 Å². The maximum Gasteiger partial charge on any atom is 0.126 e. The Labute approximate surface area is 119 Å². The maximum absolute atomic E-state index is 13.4. The minimum atomic E-state index is -0.164. The van der Waals surface area contributed by atoms with Crippen molar-refractivity contribution in [2.24, 2.45) is 5.73 Å². The van der Waals surface area contributed by atoms with E-state index < -0.39 is 0 Å². The van der Waals surface area contributed by atoms with E-state index in [2.05, 4.69) is 24.3 Å². The van der Waals surface area contributed by atoms with E-state index in [0.29, 0.717) is 5.56 Å². The highest BCUT2D eigenvalue weighted by Crippen LogP contribution is 2.51. The lowest BCUT2D eigenvalue weighted by Crippen LogP contribution is -2.44. The van der Waals surface area contributed by atoms with E-state index >= 15 is 0 Å². The molecule has 0 aliphatic heterocycles. The molecule has 3 rings (SSSR count). The van der Waals surface area contributed by atoms with Crippen LogP contribution in [-0.4, -0.2) is 0 Å².